The predicted molar refractivity (Wildman–Crippen MR) is 264 cm³/mol. The second-order valence-electron chi connectivity index (χ2n) is 15.9. The third-order valence-electron chi connectivity index (χ3n) is 11.7. The van der Waals surface area contributed by atoms with E-state index in [-0.39, 0.29) is 6.04 Å². The van der Waals surface area contributed by atoms with Crippen molar-refractivity contribution in [1.29, 1.82) is 0 Å². The standard InChI is InChI=1S/C58H39N8/c1-2-8-50(42-17-13-40(14-18-42)44-20-26-52(62-34-44)46-22-28-54(64-36-46)48-24-30-58(66-38-48)56-10-4-6-32-60-56)49(7-1)41-15-11-39(12-16-41)43-19-25-51(61-33-43)45-21-27-53(63-35-45)47-23-29-57(65-37-47)55-9-3-5-31-59-55/h1-38,55H/q-1. The molecule has 0 saturated heterocycles. The van der Waals surface area contributed by atoms with Crippen molar-refractivity contribution in [3.63, 3.8) is 0 Å². The molecule has 3 aromatic carbocycles. The Labute approximate surface area is 382 Å². The molecule has 7 aromatic heterocycles. The van der Waals surface area contributed by atoms with Gasteiger partial charge in [-0.15, -0.1) is 0 Å². The van der Waals surface area contributed by atoms with Crippen molar-refractivity contribution < 1.29 is 0 Å². The smallest absolute Gasteiger partial charge is 0.0886 e. The molecule has 312 valence electrons. The van der Waals surface area contributed by atoms with Crippen LogP contribution in [0, 0.1) is 0 Å². The minimum absolute atomic E-state index is 0.0434. The second kappa shape index (κ2) is 18.0. The van der Waals surface area contributed by atoms with Crippen LogP contribution in [-0.2, 0) is 0 Å². The average molecular weight is 848 g/mol. The van der Waals surface area contributed by atoms with Gasteiger partial charge in [0.1, 0.15) is 0 Å². The van der Waals surface area contributed by atoms with Gasteiger partial charge in [0.05, 0.1) is 34.2 Å². The molecule has 0 fully saturated rings. The lowest BCUT2D eigenvalue weighted by molar-refractivity contribution is 0.956. The molecule has 10 aromatic rings. The molecule has 8 heteroatoms. The SMILES string of the molecule is C1=C[N-]C(c2ccc(-c3ccc(-c4ccc(-c5ccc(-c6ccccc6-c6ccc(-c7ccc(-c8ccc(-c9ccc(-c%10ccccn%10)nc9)nc8)nc7)cc6)cc5)cn4)cn3)cn2)C=C1. The maximum absolute atomic E-state index is 4.81. The zero-order valence-corrected chi connectivity index (χ0v) is 35.6. The fourth-order valence-corrected chi connectivity index (χ4v) is 8.10. The van der Waals surface area contributed by atoms with Gasteiger partial charge in [-0.1, -0.05) is 115 Å². The van der Waals surface area contributed by atoms with E-state index in [9.17, 15) is 0 Å². The van der Waals surface area contributed by atoms with Gasteiger partial charge in [-0.3, -0.25) is 34.9 Å². The van der Waals surface area contributed by atoms with Crippen molar-refractivity contribution in [3.05, 3.63) is 243 Å². The van der Waals surface area contributed by atoms with E-state index in [1.165, 1.54) is 11.1 Å². The average Bonchev–Trinajstić information content (AvgIpc) is 3.42. The quantitative estimate of drug-likeness (QED) is 0.135. The Morgan fingerprint density at radius 3 is 1.08 bits per heavy atom. The lowest BCUT2D eigenvalue weighted by Crippen LogP contribution is -1.98. The fraction of sp³-hybridized carbons (Fsp3) is 0.0172. The topological polar surface area (TPSA) is 104 Å². The van der Waals surface area contributed by atoms with E-state index < -0.39 is 0 Å². The van der Waals surface area contributed by atoms with Gasteiger partial charge in [0.25, 0.3) is 0 Å². The van der Waals surface area contributed by atoms with Gasteiger partial charge in [0, 0.05) is 82.5 Å². The Bertz CT molecular complexity index is 3300. The number of aromatic nitrogens is 7. The molecular weight excluding hydrogens is 809 g/mol. The maximum atomic E-state index is 4.81. The summed E-state index contributed by atoms with van der Waals surface area (Å²) in [5, 5.41) is 4.47. The Morgan fingerprint density at radius 1 is 0.288 bits per heavy atom. The van der Waals surface area contributed by atoms with Crippen LogP contribution in [0.3, 0.4) is 0 Å². The summed E-state index contributed by atoms with van der Waals surface area (Å²) in [6.07, 6.45) is 20.8. The van der Waals surface area contributed by atoms with Crippen LogP contribution in [0.5, 0.6) is 0 Å². The highest BCUT2D eigenvalue weighted by Gasteiger charge is 2.12. The van der Waals surface area contributed by atoms with Crippen LogP contribution in [0.2, 0.25) is 0 Å². The van der Waals surface area contributed by atoms with Crippen LogP contribution in [-0.4, -0.2) is 34.9 Å². The molecule has 0 saturated carbocycles. The molecular formula is C58H39N8-. The Kier molecular flexibility index (Phi) is 10.9. The van der Waals surface area contributed by atoms with Gasteiger partial charge >= 0.3 is 0 Å². The van der Waals surface area contributed by atoms with Gasteiger partial charge in [0.2, 0.25) is 0 Å². The fourth-order valence-electron chi connectivity index (χ4n) is 8.10. The van der Waals surface area contributed by atoms with Crippen LogP contribution in [0.4, 0.5) is 0 Å². The first kappa shape index (κ1) is 39.8. The molecule has 1 unspecified atom stereocenters. The highest BCUT2D eigenvalue weighted by molar-refractivity contribution is 5.85. The van der Waals surface area contributed by atoms with Gasteiger partial charge in [0.15, 0.2) is 0 Å². The van der Waals surface area contributed by atoms with Gasteiger partial charge < -0.3 is 5.32 Å². The molecule has 1 aliphatic rings. The molecule has 0 radical (unpaired) electrons. The van der Waals surface area contributed by atoms with E-state index in [0.717, 1.165) is 95.5 Å². The first-order chi connectivity index (χ1) is 32.7. The largest absolute Gasteiger partial charge is 0.680 e. The number of hydrogen-bond donors (Lipinski definition) is 0. The number of benzene rings is 3. The summed E-state index contributed by atoms with van der Waals surface area (Å²) < 4.78 is 0. The number of allylic oxidation sites excluding steroid dienone is 2. The highest BCUT2D eigenvalue weighted by atomic mass is 14.9. The number of hydrogen-bond acceptors (Lipinski definition) is 7. The van der Waals surface area contributed by atoms with E-state index in [4.69, 9.17) is 19.9 Å². The molecule has 1 atom stereocenters. The summed E-state index contributed by atoms with van der Waals surface area (Å²) in [6.45, 7) is 0. The van der Waals surface area contributed by atoms with Gasteiger partial charge in [-0.05, 0) is 106 Å². The Morgan fingerprint density at radius 2 is 0.682 bits per heavy atom. The minimum atomic E-state index is -0.0434. The summed E-state index contributed by atoms with van der Waals surface area (Å²) in [5.74, 6) is 0. The van der Waals surface area contributed by atoms with Crippen LogP contribution < -0.4 is 0 Å². The van der Waals surface area contributed by atoms with Crippen molar-refractivity contribution in [2.24, 2.45) is 0 Å². The Balaban J connectivity index is 0.733. The zero-order chi connectivity index (χ0) is 44.1. The minimum Gasteiger partial charge on any atom is -0.680 e. The molecule has 0 bridgehead atoms. The second-order valence-corrected chi connectivity index (χ2v) is 15.9. The molecule has 8 heterocycles. The highest BCUT2D eigenvalue weighted by Crippen LogP contribution is 2.35. The molecule has 0 amide bonds. The lowest BCUT2D eigenvalue weighted by Gasteiger charge is -2.28. The molecule has 1 aliphatic heterocycles. The van der Waals surface area contributed by atoms with E-state index >= 15 is 0 Å². The Hall–Kier alpha value is -9.01. The third kappa shape index (κ3) is 8.42. The van der Waals surface area contributed by atoms with Gasteiger partial charge in [-0.25, -0.2) is 0 Å². The van der Waals surface area contributed by atoms with Crippen LogP contribution in [0.15, 0.2) is 232 Å². The van der Waals surface area contributed by atoms with Crippen molar-refractivity contribution in [1.82, 2.24) is 34.9 Å². The van der Waals surface area contributed by atoms with Crippen LogP contribution >= 0.6 is 0 Å². The van der Waals surface area contributed by atoms with E-state index in [0.29, 0.717) is 0 Å². The van der Waals surface area contributed by atoms with Crippen molar-refractivity contribution in [3.8, 4) is 101 Å². The number of pyridine rings is 7. The monoisotopic (exact) mass is 847 g/mol. The molecule has 0 N–H and O–H groups in total. The van der Waals surface area contributed by atoms with Crippen molar-refractivity contribution in [2.75, 3.05) is 0 Å². The zero-order valence-electron chi connectivity index (χ0n) is 35.6. The lowest BCUT2D eigenvalue weighted by atomic mass is 9.92. The third-order valence-corrected chi connectivity index (χ3v) is 11.7. The van der Waals surface area contributed by atoms with Crippen LogP contribution in [0.1, 0.15) is 11.7 Å². The van der Waals surface area contributed by atoms with Crippen molar-refractivity contribution in [2.45, 2.75) is 6.04 Å². The first-order valence-corrected chi connectivity index (χ1v) is 21.7. The number of nitrogens with zero attached hydrogens (tertiary/aromatic N) is 8. The first-order valence-electron chi connectivity index (χ1n) is 21.7. The summed E-state index contributed by atoms with van der Waals surface area (Å²) in [7, 11) is 0. The molecule has 11 rings (SSSR count). The normalized spacial score (nSPS) is 13.0. The molecule has 66 heavy (non-hydrogen) atoms. The maximum Gasteiger partial charge on any atom is 0.0886 e. The van der Waals surface area contributed by atoms with E-state index in [1.54, 1.807) is 6.20 Å². The van der Waals surface area contributed by atoms with E-state index in [2.05, 4.69) is 123 Å². The van der Waals surface area contributed by atoms with Gasteiger partial charge in [-0.2, -0.15) is 6.20 Å². The molecule has 8 nitrogen and oxygen atoms in total. The molecule has 0 spiro atoms. The summed E-state index contributed by atoms with van der Waals surface area (Å²) in [4.78, 5) is 32.7. The summed E-state index contributed by atoms with van der Waals surface area (Å²) in [6, 6.07) is 56.2. The summed E-state index contributed by atoms with van der Waals surface area (Å²) in [5.41, 5.74) is 18.8. The number of rotatable bonds is 10. The van der Waals surface area contributed by atoms with Crippen molar-refractivity contribution >= 4 is 0 Å². The summed E-state index contributed by atoms with van der Waals surface area (Å²) >= 11 is 0. The van der Waals surface area contributed by atoms with Crippen LogP contribution in [0.25, 0.3) is 106 Å². The predicted octanol–water partition coefficient (Wildman–Crippen LogP) is 14.0. The molecule has 0 aliphatic carbocycles. The van der Waals surface area contributed by atoms with E-state index in [1.807, 2.05) is 122 Å².